The second-order valence-electron chi connectivity index (χ2n) is 4.56. The highest BCUT2D eigenvalue weighted by Gasteiger charge is 2.16. The van der Waals surface area contributed by atoms with Crippen molar-refractivity contribution in [2.75, 3.05) is 12.3 Å². The van der Waals surface area contributed by atoms with Gasteiger partial charge in [-0.05, 0) is 17.4 Å². The quantitative estimate of drug-likeness (QED) is 0.904. The summed E-state index contributed by atoms with van der Waals surface area (Å²) in [4.78, 5) is 1.32. The minimum atomic E-state index is 0.311. The van der Waals surface area contributed by atoms with Crippen LogP contribution in [-0.2, 0) is 13.5 Å². The first kappa shape index (κ1) is 13.0. The Labute approximate surface area is 111 Å². The third-order valence-electron chi connectivity index (χ3n) is 2.77. The molecule has 2 aromatic heterocycles. The first-order valence-electron chi connectivity index (χ1n) is 6.07. The molecule has 5 heteroatoms. The number of aromatic nitrogens is 2. The molecule has 0 unspecified atom stereocenters. The predicted octanol–water partition coefficient (Wildman–Crippen LogP) is 2.81. The smallest absolute Gasteiger partial charge is 0.235 e. The number of rotatable bonds is 5. The lowest BCUT2D eigenvalue weighted by Crippen LogP contribution is -2.05. The van der Waals surface area contributed by atoms with E-state index in [2.05, 4.69) is 36.5 Å². The largest absolute Gasteiger partial charge is 0.476 e. The SMILES string of the molecule is CC(C)c1nn(C)c(OCCc2cccs2)c1N. The van der Waals surface area contributed by atoms with Crippen molar-refractivity contribution in [1.82, 2.24) is 9.78 Å². The van der Waals surface area contributed by atoms with Crippen molar-refractivity contribution in [3.05, 3.63) is 28.1 Å². The Kier molecular flexibility index (Phi) is 3.91. The fourth-order valence-corrected chi connectivity index (χ4v) is 2.54. The molecule has 4 nitrogen and oxygen atoms in total. The summed E-state index contributed by atoms with van der Waals surface area (Å²) < 4.78 is 7.48. The van der Waals surface area contributed by atoms with Gasteiger partial charge in [-0.3, -0.25) is 0 Å². The summed E-state index contributed by atoms with van der Waals surface area (Å²) >= 11 is 1.74. The van der Waals surface area contributed by atoms with E-state index in [1.165, 1.54) is 4.88 Å². The molecule has 0 atom stereocenters. The lowest BCUT2D eigenvalue weighted by Gasteiger charge is -2.06. The Balaban J connectivity index is 2.01. The molecular formula is C13H19N3OS. The maximum absolute atomic E-state index is 6.06. The van der Waals surface area contributed by atoms with Crippen molar-refractivity contribution in [3.8, 4) is 5.88 Å². The summed E-state index contributed by atoms with van der Waals surface area (Å²) in [6, 6.07) is 4.16. The van der Waals surface area contributed by atoms with Crippen LogP contribution in [-0.4, -0.2) is 16.4 Å². The molecule has 0 aliphatic heterocycles. The van der Waals surface area contributed by atoms with Gasteiger partial charge in [0.15, 0.2) is 0 Å². The third kappa shape index (κ3) is 2.67. The number of anilines is 1. The molecule has 2 heterocycles. The number of hydrogen-bond donors (Lipinski definition) is 1. The van der Waals surface area contributed by atoms with E-state index in [0.29, 0.717) is 24.1 Å². The molecule has 2 N–H and O–H groups in total. The summed E-state index contributed by atoms with van der Waals surface area (Å²) in [7, 11) is 1.86. The van der Waals surface area contributed by atoms with Gasteiger partial charge in [0, 0.05) is 18.3 Å². The number of thiophene rings is 1. The zero-order valence-electron chi connectivity index (χ0n) is 11.0. The van der Waals surface area contributed by atoms with Crippen LogP contribution >= 0.6 is 11.3 Å². The van der Waals surface area contributed by atoms with Crippen LogP contribution in [0.4, 0.5) is 5.69 Å². The standard InChI is InChI=1S/C13H19N3OS/c1-9(2)12-11(14)13(16(3)15-12)17-7-6-10-5-4-8-18-10/h4-5,8-9H,6-7,14H2,1-3H3. The monoisotopic (exact) mass is 265 g/mol. The number of nitrogens with two attached hydrogens (primary N) is 1. The summed E-state index contributed by atoms with van der Waals surface area (Å²) in [6.45, 7) is 4.78. The van der Waals surface area contributed by atoms with Crippen LogP contribution < -0.4 is 10.5 Å². The van der Waals surface area contributed by atoms with Crippen LogP contribution in [0.2, 0.25) is 0 Å². The molecule has 18 heavy (non-hydrogen) atoms. The van der Waals surface area contributed by atoms with E-state index in [0.717, 1.165) is 12.1 Å². The summed E-state index contributed by atoms with van der Waals surface area (Å²) in [5.41, 5.74) is 7.63. The van der Waals surface area contributed by atoms with E-state index >= 15 is 0 Å². The molecule has 0 saturated heterocycles. The van der Waals surface area contributed by atoms with Crippen LogP contribution in [0.15, 0.2) is 17.5 Å². The summed E-state index contributed by atoms with van der Waals surface area (Å²) in [6.07, 6.45) is 0.902. The molecule has 98 valence electrons. The Morgan fingerprint density at radius 3 is 2.83 bits per heavy atom. The van der Waals surface area contributed by atoms with Crippen molar-refractivity contribution < 1.29 is 4.74 Å². The molecule has 0 radical (unpaired) electrons. The van der Waals surface area contributed by atoms with Gasteiger partial charge < -0.3 is 10.5 Å². The van der Waals surface area contributed by atoms with E-state index in [9.17, 15) is 0 Å². The average molecular weight is 265 g/mol. The topological polar surface area (TPSA) is 53.1 Å². The Hall–Kier alpha value is -1.49. The van der Waals surface area contributed by atoms with E-state index in [1.54, 1.807) is 16.0 Å². The molecule has 2 rings (SSSR count). The molecular weight excluding hydrogens is 246 g/mol. The molecule has 0 bridgehead atoms. The predicted molar refractivity (Wildman–Crippen MR) is 75.2 cm³/mol. The summed E-state index contributed by atoms with van der Waals surface area (Å²) in [5.74, 6) is 0.987. The highest BCUT2D eigenvalue weighted by atomic mass is 32.1. The van der Waals surface area contributed by atoms with Crippen LogP contribution in [0.5, 0.6) is 5.88 Å². The van der Waals surface area contributed by atoms with Gasteiger partial charge in [0.2, 0.25) is 5.88 Å². The molecule has 0 aromatic carbocycles. The van der Waals surface area contributed by atoms with Crippen molar-refractivity contribution in [2.45, 2.75) is 26.2 Å². The Bertz CT molecular complexity index is 503. The number of nitrogens with zero attached hydrogens (tertiary/aromatic N) is 2. The molecule has 0 saturated carbocycles. The highest BCUT2D eigenvalue weighted by molar-refractivity contribution is 7.09. The van der Waals surface area contributed by atoms with Crippen LogP contribution in [0.1, 0.15) is 30.3 Å². The van der Waals surface area contributed by atoms with E-state index in [-0.39, 0.29) is 0 Å². The van der Waals surface area contributed by atoms with Gasteiger partial charge >= 0.3 is 0 Å². The minimum Gasteiger partial charge on any atom is -0.476 e. The molecule has 0 fully saturated rings. The molecule has 0 aliphatic rings. The lowest BCUT2D eigenvalue weighted by atomic mass is 10.1. The van der Waals surface area contributed by atoms with Crippen molar-refractivity contribution in [3.63, 3.8) is 0 Å². The average Bonchev–Trinajstić information content (AvgIpc) is 2.91. The third-order valence-corrected chi connectivity index (χ3v) is 3.71. The van der Waals surface area contributed by atoms with Crippen LogP contribution in [0.3, 0.4) is 0 Å². The lowest BCUT2D eigenvalue weighted by molar-refractivity contribution is 0.296. The fraction of sp³-hybridized carbons (Fsp3) is 0.462. The van der Waals surface area contributed by atoms with E-state index in [1.807, 2.05) is 7.05 Å². The number of hydrogen-bond acceptors (Lipinski definition) is 4. The first-order chi connectivity index (χ1) is 8.59. The molecule has 0 aliphatic carbocycles. The van der Waals surface area contributed by atoms with Crippen LogP contribution in [0, 0.1) is 0 Å². The number of aryl methyl sites for hydroxylation is 1. The Morgan fingerprint density at radius 1 is 1.50 bits per heavy atom. The van der Waals surface area contributed by atoms with E-state index in [4.69, 9.17) is 10.5 Å². The molecule has 0 spiro atoms. The Morgan fingerprint density at radius 2 is 2.28 bits per heavy atom. The van der Waals surface area contributed by atoms with Crippen molar-refractivity contribution in [1.29, 1.82) is 0 Å². The van der Waals surface area contributed by atoms with Gasteiger partial charge in [0.05, 0.1) is 12.3 Å². The minimum absolute atomic E-state index is 0.311. The fourth-order valence-electron chi connectivity index (χ4n) is 1.85. The van der Waals surface area contributed by atoms with Gasteiger partial charge in [-0.1, -0.05) is 19.9 Å². The number of nitrogen functional groups attached to an aromatic ring is 1. The number of ether oxygens (including phenoxy) is 1. The normalized spacial score (nSPS) is 11.1. The van der Waals surface area contributed by atoms with Gasteiger partial charge in [-0.15, -0.1) is 11.3 Å². The first-order valence-corrected chi connectivity index (χ1v) is 6.95. The maximum Gasteiger partial charge on any atom is 0.235 e. The second-order valence-corrected chi connectivity index (χ2v) is 5.59. The highest BCUT2D eigenvalue weighted by Crippen LogP contribution is 2.29. The molecule has 2 aromatic rings. The van der Waals surface area contributed by atoms with Gasteiger partial charge in [0.25, 0.3) is 0 Å². The van der Waals surface area contributed by atoms with Crippen molar-refractivity contribution in [2.24, 2.45) is 7.05 Å². The molecule has 0 amide bonds. The second kappa shape index (κ2) is 5.44. The zero-order valence-corrected chi connectivity index (χ0v) is 11.8. The summed E-state index contributed by atoms with van der Waals surface area (Å²) in [5, 5.41) is 6.47. The van der Waals surface area contributed by atoms with Crippen LogP contribution in [0.25, 0.3) is 0 Å². The van der Waals surface area contributed by atoms with Crippen molar-refractivity contribution >= 4 is 17.0 Å². The van der Waals surface area contributed by atoms with E-state index < -0.39 is 0 Å². The maximum atomic E-state index is 6.06. The van der Waals surface area contributed by atoms with Gasteiger partial charge in [-0.2, -0.15) is 5.10 Å². The van der Waals surface area contributed by atoms with Gasteiger partial charge in [-0.25, -0.2) is 4.68 Å². The van der Waals surface area contributed by atoms with Gasteiger partial charge in [0.1, 0.15) is 5.69 Å². The zero-order chi connectivity index (χ0) is 13.1.